The smallest absolute Gasteiger partial charge is 0.408 e. The standard InChI is InChI=1S/C7H12N4O4.F2/c1-14-6(12)10-4-8-3-9-5-11-7(13)15-2;1-2/h4-5H2,1-2H3,(H,10,12)(H,11,13);. The number of carbonyl (C=O) groups excluding carboxylic acids is 2. The van der Waals surface area contributed by atoms with Gasteiger partial charge in [-0.15, -0.1) is 0 Å². The largest absolute Gasteiger partial charge is 0.453 e. The number of nitrogens with zero attached hydrogens (tertiary/aromatic N) is 2. The molecule has 0 saturated carbocycles. The molecule has 98 valence electrons. The SMILES string of the molecule is COC(=O)NCN=C=NCNC(=O)OC.FF. The van der Waals surface area contributed by atoms with Crippen LogP contribution in [0.1, 0.15) is 0 Å². The van der Waals surface area contributed by atoms with Gasteiger partial charge in [0, 0.05) is 9.15 Å². The van der Waals surface area contributed by atoms with E-state index in [0.29, 0.717) is 0 Å². The second-order valence-electron chi connectivity index (χ2n) is 2.07. The quantitative estimate of drug-likeness (QED) is 0.718. The van der Waals surface area contributed by atoms with Crippen molar-refractivity contribution in [1.29, 1.82) is 0 Å². The Morgan fingerprint density at radius 1 is 1.06 bits per heavy atom. The fourth-order valence-corrected chi connectivity index (χ4v) is 0.473. The number of halogens is 2. The van der Waals surface area contributed by atoms with Crippen molar-refractivity contribution in [3.05, 3.63) is 0 Å². The van der Waals surface area contributed by atoms with E-state index < -0.39 is 12.2 Å². The molecule has 0 aliphatic rings. The number of carbonyl (C=O) groups is 2. The molecular weight excluding hydrogens is 242 g/mol. The van der Waals surface area contributed by atoms with Crippen molar-refractivity contribution in [1.82, 2.24) is 10.6 Å². The zero-order chi connectivity index (χ0) is 13.5. The molecule has 2 N–H and O–H groups in total. The Hall–Kier alpha value is -2.22. The lowest BCUT2D eigenvalue weighted by Gasteiger charge is -1.97. The molecule has 0 spiro atoms. The first kappa shape index (κ1) is 17.2. The Balaban J connectivity index is 0. The molecule has 0 aliphatic carbocycles. The molecule has 8 nitrogen and oxygen atoms in total. The fourth-order valence-electron chi connectivity index (χ4n) is 0.473. The van der Waals surface area contributed by atoms with Gasteiger partial charge in [-0.3, -0.25) is 0 Å². The Labute approximate surface area is 95.6 Å². The molecule has 10 heteroatoms. The van der Waals surface area contributed by atoms with Gasteiger partial charge in [-0.2, -0.15) is 0 Å². The van der Waals surface area contributed by atoms with E-state index in [1.165, 1.54) is 14.2 Å². The number of aliphatic imine (C=N–C) groups is 2. The van der Waals surface area contributed by atoms with E-state index in [1.54, 1.807) is 0 Å². The molecule has 0 fully saturated rings. The van der Waals surface area contributed by atoms with E-state index in [2.05, 4.69) is 36.1 Å². The van der Waals surface area contributed by atoms with Gasteiger partial charge < -0.3 is 20.1 Å². The van der Waals surface area contributed by atoms with Gasteiger partial charge in [0.2, 0.25) is 0 Å². The van der Waals surface area contributed by atoms with Crippen LogP contribution in [0.25, 0.3) is 0 Å². The van der Waals surface area contributed by atoms with Crippen LogP contribution in [-0.4, -0.2) is 45.8 Å². The third kappa shape index (κ3) is 13.8. The van der Waals surface area contributed by atoms with Crippen LogP contribution in [0.3, 0.4) is 0 Å². The number of hydrogen-bond acceptors (Lipinski definition) is 6. The first-order valence-electron chi connectivity index (χ1n) is 4.06. The molecule has 0 atom stereocenters. The molecule has 0 aromatic heterocycles. The van der Waals surface area contributed by atoms with E-state index >= 15 is 0 Å². The van der Waals surface area contributed by atoms with Crippen LogP contribution >= 0.6 is 0 Å². The lowest BCUT2D eigenvalue weighted by molar-refractivity contribution is 0.108. The number of nitrogens with one attached hydrogen (secondary N) is 2. The van der Waals surface area contributed by atoms with Gasteiger partial charge in [0.15, 0.2) is 0 Å². The second-order valence-corrected chi connectivity index (χ2v) is 2.07. The van der Waals surface area contributed by atoms with Crippen molar-refractivity contribution in [2.75, 3.05) is 27.6 Å². The third-order valence-electron chi connectivity index (χ3n) is 1.12. The Kier molecular flexibility index (Phi) is 13.9. The Morgan fingerprint density at radius 2 is 1.41 bits per heavy atom. The summed E-state index contributed by atoms with van der Waals surface area (Å²) in [6.07, 6.45) is -1.18. The lowest BCUT2D eigenvalue weighted by Crippen LogP contribution is -2.23. The molecule has 0 radical (unpaired) electrons. The first-order valence-corrected chi connectivity index (χ1v) is 4.06. The highest BCUT2D eigenvalue weighted by Crippen LogP contribution is 1.71. The lowest BCUT2D eigenvalue weighted by atomic mass is 10.9. The Bertz CT molecular complexity index is 257. The van der Waals surface area contributed by atoms with Gasteiger partial charge in [-0.25, -0.2) is 19.6 Å². The third-order valence-corrected chi connectivity index (χ3v) is 1.12. The maximum Gasteiger partial charge on any atom is 0.408 e. The van der Waals surface area contributed by atoms with E-state index in [9.17, 15) is 9.59 Å². The van der Waals surface area contributed by atoms with Crippen molar-refractivity contribution in [3.63, 3.8) is 0 Å². The zero-order valence-corrected chi connectivity index (χ0v) is 9.20. The monoisotopic (exact) mass is 254 g/mol. The highest BCUT2D eigenvalue weighted by molar-refractivity contribution is 5.67. The predicted molar refractivity (Wildman–Crippen MR) is 52.9 cm³/mol. The van der Waals surface area contributed by atoms with Crippen molar-refractivity contribution >= 4 is 18.2 Å². The highest BCUT2D eigenvalue weighted by atomic mass is 20.0. The van der Waals surface area contributed by atoms with Crippen molar-refractivity contribution in [2.24, 2.45) is 9.98 Å². The molecule has 0 aromatic carbocycles. The summed E-state index contributed by atoms with van der Waals surface area (Å²) >= 11 is 0. The summed E-state index contributed by atoms with van der Waals surface area (Å²) in [5, 5.41) is 4.56. The second kappa shape index (κ2) is 13.8. The molecule has 0 heterocycles. The molecule has 0 aliphatic heterocycles. The maximum absolute atomic E-state index is 10.5. The Morgan fingerprint density at radius 3 is 1.71 bits per heavy atom. The molecule has 0 bridgehead atoms. The summed E-state index contributed by atoms with van der Waals surface area (Å²) in [7, 11) is 2.49. The van der Waals surface area contributed by atoms with Crippen molar-refractivity contribution in [3.8, 4) is 0 Å². The van der Waals surface area contributed by atoms with Crippen LogP contribution in [0.15, 0.2) is 9.98 Å². The van der Waals surface area contributed by atoms with Gasteiger partial charge in [-0.1, -0.05) is 0 Å². The predicted octanol–water partition coefficient (Wildman–Crippen LogP) is 0.628. The summed E-state index contributed by atoms with van der Waals surface area (Å²) in [5.74, 6) is 0. The normalized spacial score (nSPS) is 7.53. The summed E-state index contributed by atoms with van der Waals surface area (Å²) in [4.78, 5) is 28.1. The molecule has 0 unspecified atom stereocenters. The average Bonchev–Trinajstić information content (AvgIpc) is 2.39. The topological polar surface area (TPSA) is 101 Å². The van der Waals surface area contributed by atoms with Gasteiger partial charge >= 0.3 is 12.2 Å². The van der Waals surface area contributed by atoms with Crippen LogP contribution in [0, 0.1) is 0 Å². The zero-order valence-electron chi connectivity index (χ0n) is 9.20. The van der Waals surface area contributed by atoms with Gasteiger partial charge in [0.25, 0.3) is 0 Å². The minimum Gasteiger partial charge on any atom is -0.453 e. The molecule has 0 saturated heterocycles. The van der Waals surface area contributed by atoms with Crippen molar-refractivity contribution < 1.29 is 28.2 Å². The van der Waals surface area contributed by atoms with Gasteiger partial charge in [0.1, 0.15) is 13.3 Å². The summed E-state index contributed by atoms with van der Waals surface area (Å²) in [6.45, 7) is 0.0167. The number of rotatable bonds is 4. The number of hydrogen-bond donors (Lipinski definition) is 2. The van der Waals surface area contributed by atoms with E-state index in [0.717, 1.165) is 0 Å². The van der Waals surface area contributed by atoms with Gasteiger partial charge in [-0.05, 0) is 0 Å². The van der Waals surface area contributed by atoms with E-state index in [4.69, 9.17) is 9.15 Å². The van der Waals surface area contributed by atoms with Crippen LogP contribution in [0.2, 0.25) is 0 Å². The summed E-state index contributed by atoms with van der Waals surface area (Å²) in [5.41, 5.74) is 0. The number of ether oxygens (including phenoxy) is 2. The molecule has 0 rings (SSSR count). The first-order chi connectivity index (χ1) is 8.20. The summed E-state index contributed by atoms with van der Waals surface area (Å²) < 4.78 is 24.6. The fraction of sp³-hybridized carbons (Fsp3) is 0.571. The van der Waals surface area contributed by atoms with Gasteiger partial charge in [0.05, 0.1) is 20.2 Å². The minimum absolute atomic E-state index is 0.00833. The van der Waals surface area contributed by atoms with E-state index in [-0.39, 0.29) is 13.3 Å². The highest BCUT2D eigenvalue weighted by Gasteiger charge is 1.93. The summed E-state index contributed by atoms with van der Waals surface area (Å²) in [6, 6.07) is 2.25. The van der Waals surface area contributed by atoms with Crippen LogP contribution in [0.5, 0.6) is 0 Å². The van der Waals surface area contributed by atoms with E-state index in [1.807, 2.05) is 0 Å². The number of methoxy groups -OCH3 is 2. The minimum atomic E-state index is -0.590. The number of amides is 2. The maximum atomic E-state index is 10.5. The molecular formula is C7H12F2N4O4. The average molecular weight is 254 g/mol. The van der Waals surface area contributed by atoms with Crippen LogP contribution in [-0.2, 0) is 9.47 Å². The van der Waals surface area contributed by atoms with Crippen LogP contribution < -0.4 is 10.6 Å². The van der Waals surface area contributed by atoms with Crippen LogP contribution in [0.4, 0.5) is 18.7 Å². The number of alkyl carbamates (subject to hydrolysis) is 2. The molecule has 2 amide bonds. The molecule has 17 heavy (non-hydrogen) atoms. The van der Waals surface area contributed by atoms with Crippen molar-refractivity contribution in [2.45, 2.75) is 0 Å². The molecule has 0 aromatic rings.